The zero-order valence-electron chi connectivity index (χ0n) is 6.64. The fourth-order valence-corrected chi connectivity index (χ4v) is 0.651. The van der Waals surface area contributed by atoms with Crippen LogP contribution in [0.5, 0.6) is 0 Å². The Bertz CT molecular complexity index is 130. The van der Waals surface area contributed by atoms with Crippen molar-refractivity contribution in [3.63, 3.8) is 0 Å². The normalized spacial score (nSPS) is 11.4. The summed E-state index contributed by atoms with van der Waals surface area (Å²) >= 11 is 0. The number of allylic oxidation sites excluding steroid dienone is 1. The predicted octanol–water partition coefficient (Wildman–Crippen LogP) is 0.449. The summed E-state index contributed by atoms with van der Waals surface area (Å²) in [5.41, 5.74) is 1.02. The first-order chi connectivity index (χ1) is 4.72. The van der Waals surface area contributed by atoms with Gasteiger partial charge in [-0.15, -0.1) is 0 Å². The molecule has 0 fully saturated rings. The van der Waals surface area contributed by atoms with Gasteiger partial charge in [0.25, 0.3) is 0 Å². The van der Waals surface area contributed by atoms with Crippen molar-refractivity contribution in [1.29, 1.82) is 0 Å². The van der Waals surface area contributed by atoms with Gasteiger partial charge in [0.2, 0.25) is 6.41 Å². The standard InChI is InChI=1S/C7H14N2O/c1-6(2)7(8-3)4-9-5-10/h4-6,8H,1-3H3,(H,9,10)/b7-4-. The quantitative estimate of drug-likeness (QED) is 0.559. The largest absolute Gasteiger partial charge is 0.390 e. The van der Waals surface area contributed by atoms with Crippen LogP contribution in [0.3, 0.4) is 0 Å². The molecular weight excluding hydrogens is 128 g/mol. The van der Waals surface area contributed by atoms with Gasteiger partial charge >= 0.3 is 0 Å². The molecule has 0 spiro atoms. The Balaban J connectivity index is 3.90. The van der Waals surface area contributed by atoms with Crippen LogP contribution in [-0.4, -0.2) is 13.5 Å². The molecule has 0 rings (SSSR count). The average molecular weight is 142 g/mol. The highest BCUT2D eigenvalue weighted by atomic mass is 16.1. The number of rotatable bonds is 4. The molecule has 0 radical (unpaired) electrons. The summed E-state index contributed by atoms with van der Waals surface area (Å²) in [6.07, 6.45) is 2.32. The smallest absolute Gasteiger partial charge is 0.211 e. The van der Waals surface area contributed by atoms with Crippen molar-refractivity contribution in [3.8, 4) is 0 Å². The van der Waals surface area contributed by atoms with Gasteiger partial charge in [-0.3, -0.25) is 4.79 Å². The lowest BCUT2D eigenvalue weighted by atomic mass is 10.1. The third kappa shape index (κ3) is 3.12. The topological polar surface area (TPSA) is 41.1 Å². The molecule has 0 atom stereocenters. The van der Waals surface area contributed by atoms with Crippen LogP contribution in [0.1, 0.15) is 13.8 Å². The van der Waals surface area contributed by atoms with Crippen molar-refractivity contribution in [2.75, 3.05) is 7.05 Å². The second-order valence-corrected chi connectivity index (χ2v) is 2.29. The predicted molar refractivity (Wildman–Crippen MR) is 41.2 cm³/mol. The lowest BCUT2D eigenvalue weighted by Gasteiger charge is -2.08. The number of nitrogens with one attached hydrogen (secondary N) is 2. The van der Waals surface area contributed by atoms with Crippen molar-refractivity contribution in [1.82, 2.24) is 10.6 Å². The Labute approximate surface area is 61.5 Å². The van der Waals surface area contributed by atoms with E-state index in [9.17, 15) is 4.79 Å². The summed E-state index contributed by atoms with van der Waals surface area (Å²) in [5, 5.41) is 5.45. The monoisotopic (exact) mass is 142 g/mol. The van der Waals surface area contributed by atoms with E-state index in [0.717, 1.165) is 5.70 Å². The maximum Gasteiger partial charge on any atom is 0.211 e. The van der Waals surface area contributed by atoms with E-state index in [1.165, 1.54) is 0 Å². The molecule has 1 amide bonds. The molecule has 0 aliphatic heterocycles. The van der Waals surface area contributed by atoms with Crippen LogP contribution in [0.15, 0.2) is 11.9 Å². The lowest BCUT2D eigenvalue weighted by molar-refractivity contribution is -0.108. The number of hydrogen-bond donors (Lipinski definition) is 2. The van der Waals surface area contributed by atoms with Crippen molar-refractivity contribution >= 4 is 6.41 Å². The van der Waals surface area contributed by atoms with E-state index in [1.807, 2.05) is 7.05 Å². The van der Waals surface area contributed by atoms with Gasteiger partial charge in [-0.25, -0.2) is 0 Å². The maximum absolute atomic E-state index is 9.86. The third-order valence-electron chi connectivity index (χ3n) is 1.22. The molecule has 2 N–H and O–H groups in total. The average Bonchev–Trinajstić information content (AvgIpc) is 1.89. The summed E-state index contributed by atoms with van der Waals surface area (Å²) in [4.78, 5) is 9.86. The summed E-state index contributed by atoms with van der Waals surface area (Å²) in [7, 11) is 1.83. The van der Waals surface area contributed by atoms with Crippen LogP contribution in [0, 0.1) is 5.92 Å². The molecule has 0 unspecified atom stereocenters. The molecule has 10 heavy (non-hydrogen) atoms. The Kier molecular flexibility index (Phi) is 4.37. The Morgan fingerprint density at radius 2 is 2.10 bits per heavy atom. The molecule has 0 aliphatic rings. The van der Waals surface area contributed by atoms with Crippen molar-refractivity contribution in [3.05, 3.63) is 11.9 Å². The van der Waals surface area contributed by atoms with E-state index in [4.69, 9.17) is 0 Å². The van der Waals surface area contributed by atoms with E-state index >= 15 is 0 Å². The van der Waals surface area contributed by atoms with Crippen molar-refractivity contribution in [2.45, 2.75) is 13.8 Å². The van der Waals surface area contributed by atoms with E-state index < -0.39 is 0 Å². The van der Waals surface area contributed by atoms with Crippen LogP contribution in [0.4, 0.5) is 0 Å². The van der Waals surface area contributed by atoms with Crippen LogP contribution >= 0.6 is 0 Å². The van der Waals surface area contributed by atoms with E-state index in [2.05, 4.69) is 24.5 Å². The minimum Gasteiger partial charge on any atom is -0.390 e. The van der Waals surface area contributed by atoms with Gasteiger partial charge in [-0.2, -0.15) is 0 Å². The Morgan fingerprint density at radius 3 is 2.40 bits per heavy atom. The van der Waals surface area contributed by atoms with Gasteiger partial charge in [0.1, 0.15) is 0 Å². The number of amides is 1. The van der Waals surface area contributed by atoms with Crippen LogP contribution < -0.4 is 10.6 Å². The molecule has 0 aromatic rings. The second-order valence-electron chi connectivity index (χ2n) is 2.29. The fourth-order valence-electron chi connectivity index (χ4n) is 0.651. The van der Waals surface area contributed by atoms with Gasteiger partial charge in [0.05, 0.1) is 0 Å². The Hall–Kier alpha value is -0.990. The minimum absolute atomic E-state index is 0.414. The summed E-state index contributed by atoms with van der Waals surface area (Å²) in [6.45, 7) is 4.10. The molecule has 0 aliphatic carbocycles. The fraction of sp³-hybridized carbons (Fsp3) is 0.571. The van der Waals surface area contributed by atoms with Crippen LogP contribution in [0.2, 0.25) is 0 Å². The second kappa shape index (κ2) is 4.85. The first kappa shape index (κ1) is 9.01. The number of carbonyl (C=O) groups is 1. The zero-order chi connectivity index (χ0) is 7.98. The highest BCUT2D eigenvalue weighted by Gasteiger charge is 1.97. The molecule has 0 heterocycles. The highest BCUT2D eigenvalue weighted by Crippen LogP contribution is 2.02. The molecule has 0 aromatic carbocycles. The van der Waals surface area contributed by atoms with Gasteiger partial charge in [0.15, 0.2) is 0 Å². The highest BCUT2D eigenvalue weighted by molar-refractivity contribution is 5.48. The van der Waals surface area contributed by atoms with Crippen LogP contribution in [0.25, 0.3) is 0 Å². The molecule has 0 saturated carbocycles. The SMILES string of the molecule is CN/C(=C\NC=O)C(C)C. The molecule has 0 bridgehead atoms. The van der Waals surface area contributed by atoms with Gasteiger partial charge in [0, 0.05) is 18.9 Å². The molecule has 3 heteroatoms. The first-order valence-electron chi connectivity index (χ1n) is 3.30. The number of carbonyl (C=O) groups excluding carboxylic acids is 1. The third-order valence-corrected chi connectivity index (χ3v) is 1.22. The van der Waals surface area contributed by atoms with Crippen LogP contribution in [-0.2, 0) is 4.79 Å². The Morgan fingerprint density at radius 1 is 1.50 bits per heavy atom. The molecule has 0 aromatic heterocycles. The molecular formula is C7H14N2O. The summed E-state index contributed by atoms with van der Waals surface area (Å²) < 4.78 is 0. The van der Waals surface area contributed by atoms with E-state index in [0.29, 0.717) is 12.3 Å². The molecule has 3 nitrogen and oxygen atoms in total. The first-order valence-corrected chi connectivity index (χ1v) is 3.30. The van der Waals surface area contributed by atoms with Crippen molar-refractivity contribution in [2.24, 2.45) is 5.92 Å². The maximum atomic E-state index is 9.86. The van der Waals surface area contributed by atoms with Gasteiger partial charge < -0.3 is 10.6 Å². The molecule has 58 valence electrons. The van der Waals surface area contributed by atoms with E-state index in [1.54, 1.807) is 6.20 Å². The minimum atomic E-state index is 0.414. The van der Waals surface area contributed by atoms with Gasteiger partial charge in [-0.05, 0) is 5.92 Å². The summed E-state index contributed by atoms with van der Waals surface area (Å²) in [6, 6.07) is 0. The van der Waals surface area contributed by atoms with Gasteiger partial charge in [-0.1, -0.05) is 13.8 Å². The number of hydrogen-bond acceptors (Lipinski definition) is 2. The van der Waals surface area contributed by atoms with E-state index in [-0.39, 0.29) is 0 Å². The zero-order valence-corrected chi connectivity index (χ0v) is 6.64. The van der Waals surface area contributed by atoms with Crippen molar-refractivity contribution < 1.29 is 4.79 Å². The summed E-state index contributed by atoms with van der Waals surface area (Å²) in [5.74, 6) is 0.414. The molecule has 0 saturated heterocycles. The lowest BCUT2D eigenvalue weighted by Crippen LogP contribution is -2.15.